The van der Waals surface area contributed by atoms with E-state index in [0.29, 0.717) is 5.56 Å². The fourth-order valence-corrected chi connectivity index (χ4v) is 0.965. The van der Waals surface area contributed by atoms with Gasteiger partial charge in [-0.3, -0.25) is 0 Å². The van der Waals surface area contributed by atoms with Crippen LogP contribution in [0.1, 0.15) is 11.1 Å². The Morgan fingerprint density at radius 3 is 2.93 bits per heavy atom. The monoisotopic (exact) mass is 205 g/mol. The molecule has 0 N–H and O–H groups in total. The van der Waals surface area contributed by atoms with Crippen LogP contribution in [-0.4, -0.2) is 13.1 Å². The highest BCUT2D eigenvalue weighted by Gasteiger charge is 2.00. The van der Waals surface area contributed by atoms with Gasteiger partial charge in [-0.15, -0.1) is 0 Å². The third kappa shape index (κ3) is 2.92. The highest BCUT2D eigenvalue weighted by atomic mass is 19.1. The molecule has 0 aliphatic heterocycles. The highest BCUT2D eigenvalue weighted by Crippen LogP contribution is 2.10. The zero-order valence-corrected chi connectivity index (χ0v) is 8.03. The minimum atomic E-state index is -0.576. The Morgan fingerprint density at radius 2 is 2.33 bits per heavy atom. The number of carbonyl (C=O) groups excluding carboxylic acids is 1. The summed E-state index contributed by atoms with van der Waals surface area (Å²) in [6.07, 6.45) is 2.65. The molecule has 4 heteroatoms. The van der Waals surface area contributed by atoms with Crippen molar-refractivity contribution in [3.05, 3.63) is 41.2 Å². The molecule has 0 aliphatic rings. The molecule has 76 valence electrons. The van der Waals surface area contributed by atoms with Crippen molar-refractivity contribution in [2.45, 2.75) is 0 Å². The van der Waals surface area contributed by atoms with Crippen LogP contribution in [0.2, 0.25) is 0 Å². The van der Waals surface area contributed by atoms with E-state index in [0.717, 1.165) is 0 Å². The number of nitriles is 1. The first kappa shape index (κ1) is 10.9. The molecule has 0 amide bonds. The third-order valence-electron chi connectivity index (χ3n) is 1.72. The predicted molar refractivity (Wildman–Crippen MR) is 52.2 cm³/mol. The van der Waals surface area contributed by atoms with E-state index >= 15 is 0 Å². The van der Waals surface area contributed by atoms with Gasteiger partial charge in [-0.2, -0.15) is 5.26 Å². The smallest absolute Gasteiger partial charge is 0.330 e. The lowest BCUT2D eigenvalue weighted by Crippen LogP contribution is -1.93. The fourth-order valence-electron chi connectivity index (χ4n) is 0.965. The molecular formula is C11H8FNO2. The third-order valence-corrected chi connectivity index (χ3v) is 1.72. The van der Waals surface area contributed by atoms with Crippen LogP contribution in [0, 0.1) is 17.1 Å². The molecule has 0 spiro atoms. The number of rotatable bonds is 2. The van der Waals surface area contributed by atoms with Crippen LogP contribution < -0.4 is 0 Å². The topological polar surface area (TPSA) is 50.1 Å². The van der Waals surface area contributed by atoms with E-state index in [2.05, 4.69) is 4.74 Å². The fraction of sp³-hybridized carbons (Fsp3) is 0.0909. The molecule has 0 bridgehead atoms. The molecule has 0 saturated carbocycles. The maximum atomic E-state index is 12.9. The molecule has 0 aliphatic carbocycles. The van der Waals surface area contributed by atoms with Gasteiger partial charge in [-0.1, -0.05) is 6.07 Å². The van der Waals surface area contributed by atoms with Crippen molar-refractivity contribution in [1.82, 2.24) is 0 Å². The van der Waals surface area contributed by atoms with Gasteiger partial charge in [0.2, 0.25) is 0 Å². The zero-order chi connectivity index (χ0) is 11.3. The Labute approximate surface area is 86.4 Å². The Bertz CT molecular complexity index is 446. The van der Waals surface area contributed by atoms with Crippen LogP contribution in [0.4, 0.5) is 4.39 Å². The molecule has 1 aromatic rings. The molecule has 0 heterocycles. The number of hydrogen-bond acceptors (Lipinski definition) is 3. The second-order valence-corrected chi connectivity index (χ2v) is 2.71. The Balaban J connectivity index is 2.94. The normalized spacial score (nSPS) is 9.93. The van der Waals surface area contributed by atoms with Gasteiger partial charge in [0.05, 0.1) is 12.7 Å². The Kier molecular flexibility index (Phi) is 3.58. The summed E-state index contributed by atoms with van der Waals surface area (Å²) in [5.74, 6) is -1.08. The highest BCUT2D eigenvalue weighted by molar-refractivity contribution is 5.86. The molecule has 3 nitrogen and oxygen atoms in total. The van der Waals surface area contributed by atoms with Gasteiger partial charge >= 0.3 is 5.97 Å². The number of ether oxygens (including phenoxy) is 1. The molecule has 0 fully saturated rings. The van der Waals surface area contributed by atoms with E-state index in [1.54, 1.807) is 6.07 Å². The summed E-state index contributed by atoms with van der Waals surface area (Å²) in [5.41, 5.74) is 0.514. The Morgan fingerprint density at radius 1 is 1.60 bits per heavy atom. The number of methoxy groups -OCH3 is 1. The van der Waals surface area contributed by atoms with Crippen LogP contribution in [0.25, 0.3) is 6.08 Å². The lowest BCUT2D eigenvalue weighted by Gasteiger charge is -1.96. The zero-order valence-electron chi connectivity index (χ0n) is 8.03. The van der Waals surface area contributed by atoms with E-state index < -0.39 is 11.8 Å². The number of halogens is 1. The van der Waals surface area contributed by atoms with Gasteiger partial charge in [-0.25, -0.2) is 9.18 Å². The van der Waals surface area contributed by atoms with Crippen LogP contribution in [-0.2, 0) is 9.53 Å². The maximum Gasteiger partial charge on any atom is 0.330 e. The lowest BCUT2D eigenvalue weighted by atomic mass is 10.1. The first-order valence-electron chi connectivity index (χ1n) is 4.13. The van der Waals surface area contributed by atoms with E-state index in [-0.39, 0.29) is 5.56 Å². The van der Waals surface area contributed by atoms with Gasteiger partial charge in [0.15, 0.2) is 0 Å². The minimum Gasteiger partial charge on any atom is -0.466 e. The summed E-state index contributed by atoms with van der Waals surface area (Å²) in [4.78, 5) is 10.8. The van der Waals surface area contributed by atoms with Crippen molar-refractivity contribution in [2.75, 3.05) is 7.11 Å². The van der Waals surface area contributed by atoms with Crippen LogP contribution in [0.15, 0.2) is 24.3 Å². The van der Waals surface area contributed by atoms with E-state index in [1.807, 2.05) is 0 Å². The van der Waals surface area contributed by atoms with E-state index in [4.69, 9.17) is 5.26 Å². The lowest BCUT2D eigenvalue weighted by molar-refractivity contribution is -0.134. The van der Waals surface area contributed by atoms with Crippen molar-refractivity contribution >= 4 is 12.0 Å². The van der Waals surface area contributed by atoms with Gasteiger partial charge in [0.1, 0.15) is 11.9 Å². The van der Waals surface area contributed by atoms with Crippen LogP contribution >= 0.6 is 0 Å². The Hall–Kier alpha value is -2.15. The van der Waals surface area contributed by atoms with Crippen LogP contribution in [0.3, 0.4) is 0 Å². The molecule has 0 aromatic heterocycles. The summed E-state index contributed by atoms with van der Waals surface area (Å²) in [6, 6.07) is 5.71. The second-order valence-electron chi connectivity index (χ2n) is 2.71. The predicted octanol–water partition coefficient (Wildman–Crippen LogP) is 1.88. The van der Waals surface area contributed by atoms with Crippen LogP contribution in [0.5, 0.6) is 0 Å². The van der Waals surface area contributed by atoms with Gasteiger partial charge in [-0.05, 0) is 23.8 Å². The first-order chi connectivity index (χ1) is 7.17. The SMILES string of the molecule is COC(=O)/C=C\c1ccc(F)c(C#N)c1. The number of carbonyl (C=O) groups is 1. The summed E-state index contributed by atoms with van der Waals surface area (Å²) in [6.45, 7) is 0. The molecule has 0 radical (unpaired) electrons. The van der Waals surface area contributed by atoms with Crippen molar-refractivity contribution in [3.8, 4) is 6.07 Å². The summed E-state index contributed by atoms with van der Waals surface area (Å²) in [7, 11) is 1.26. The average Bonchev–Trinajstić information content (AvgIpc) is 2.27. The van der Waals surface area contributed by atoms with Crippen molar-refractivity contribution < 1.29 is 13.9 Å². The minimum absolute atomic E-state index is 0.0537. The van der Waals surface area contributed by atoms with Crippen molar-refractivity contribution in [1.29, 1.82) is 5.26 Å². The number of hydrogen-bond donors (Lipinski definition) is 0. The standard InChI is InChI=1S/C11H8FNO2/c1-15-11(14)5-3-8-2-4-10(12)9(6-8)7-13/h2-6H,1H3/b5-3-. The van der Waals surface area contributed by atoms with Gasteiger partial charge in [0, 0.05) is 6.08 Å². The maximum absolute atomic E-state index is 12.9. The molecule has 1 aromatic carbocycles. The number of nitrogens with zero attached hydrogens (tertiary/aromatic N) is 1. The van der Waals surface area contributed by atoms with Crippen molar-refractivity contribution in [2.24, 2.45) is 0 Å². The first-order valence-corrected chi connectivity index (χ1v) is 4.13. The largest absolute Gasteiger partial charge is 0.466 e. The average molecular weight is 205 g/mol. The molecule has 0 saturated heterocycles. The van der Waals surface area contributed by atoms with Gasteiger partial charge in [0.25, 0.3) is 0 Å². The molecule has 0 unspecified atom stereocenters. The molecule has 0 atom stereocenters. The summed E-state index contributed by atoms with van der Waals surface area (Å²) >= 11 is 0. The quantitative estimate of drug-likeness (QED) is 0.547. The molecule has 1 rings (SSSR count). The molecular weight excluding hydrogens is 197 g/mol. The van der Waals surface area contributed by atoms with E-state index in [1.165, 1.54) is 37.5 Å². The van der Waals surface area contributed by atoms with Gasteiger partial charge < -0.3 is 4.74 Å². The second kappa shape index (κ2) is 4.91. The number of esters is 1. The molecule has 15 heavy (non-hydrogen) atoms. The number of benzene rings is 1. The van der Waals surface area contributed by atoms with E-state index in [9.17, 15) is 9.18 Å². The summed E-state index contributed by atoms with van der Waals surface area (Å²) < 4.78 is 17.3. The van der Waals surface area contributed by atoms with Crippen molar-refractivity contribution in [3.63, 3.8) is 0 Å². The summed E-state index contributed by atoms with van der Waals surface area (Å²) in [5, 5.41) is 8.56.